The Balaban J connectivity index is 2.11. The molecule has 1 aromatic rings. The average Bonchev–Trinajstić information content (AvgIpc) is 2.86. The normalized spacial score (nSPS) is 18.9. The smallest absolute Gasteiger partial charge is 0.410 e. The van der Waals surface area contributed by atoms with Crippen molar-refractivity contribution in [3.63, 3.8) is 0 Å². The first-order valence-corrected chi connectivity index (χ1v) is 6.97. The van der Waals surface area contributed by atoms with Gasteiger partial charge >= 0.3 is 6.09 Å². The van der Waals surface area contributed by atoms with E-state index in [-0.39, 0.29) is 12.1 Å². The van der Waals surface area contributed by atoms with Crippen LogP contribution in [-0.4, -0.2) is 34.2 Å². The van der Waals surface area contributed by atoms with Gasteiger partial charge < -0.3 is 9.64 Å². The molecule has 0 aliphatic carbocycles. The topological polar surface area (TPSA) is 42.4 Å². The summed E-state index contributed by atoms with van der Waals surface area (Å²) in [6, 6.07) is 3.86. The molecule has 0 aromatic carbocycles. The van der Waals surface area contributed by atoms with Gasteiger partial charge in [0.15, 0.2) is 0 Å². The van der Waals surface area contributed by atoms with Crippen LogP contribution in [0.3, 0.4) is 0 Å². The number of hydrogen-bond acceptors (Lipinski definition) is 3. The van der Waals surface area contributed by atoms with Crippen LogP contribution in [0, 0.1) is 0 Å². The predicted molar refractivity (Wildman–Crippen MR) is 79.2 cm³/mol. The lowest BCUT2D eigenvalue weighted by molar-refractivity contribution is 0.0261. The van der Waals surface area contributed by atoms with Gasteiger partial charge in [0.1, 0.15) is 5.60 Å². The minimum Gasteiger partial charge on any atom is -0.444 e. The van der Waals surface area contributed by atoms with Crippen molar-refractivity contribution < 1.29 is 9.53 Å². The van der Waals surface area contributed by atoms with Gasteiger partial charge in [0.2, 0.25) is 0 Å². The molecule has 1 aliphatic rings. The van der Waals surface area contributed by atoms with E-state index in [0.717, 1.165) is 30.5 Å². The Kier molecular flexibility index (Phi) is 4.12. The molecule has 0 saturated carbocycles. The number of aromatic nitrogens is 1. The highest BCUT2D eigenvalue weighted by Crippen LogP contribution is 2.30. The molecule has 20 heavy (non-hydrogen) atoms. The van der Waals surface area contributed by atoms with E-state index in [0.29, 0.717) is 0 Å². The molecule has 1 atom stereocenters. The van der Waals surface area contributed by atoms with Crippen LogP contribution in [-0.2, 0) is 4.74 Å². The van der Waals surface area contributed by atoms with Crippen LogP contribution in [0.5, 0.6) is 0 Å². The maximum atomic E-state index is 12.3. The minimum atomic E-state index is -0.472. The van der Waals surface area contributed by atoms with E-state index in [1.165, 1.54) is 0 Å². The van der Waals surface area contributed by atoms with Gasteiger partial charge in [-0.3, -0.25) is 4.98 Å². The summed E-state index contributed by atoms with van der Waals surface area (Å²) in [5.41, 5.74) is 1.44. The number of nitrogens with zero attached hydrogens (tertiary/aromatic N) is 2. The number of amides is 1. The maximum Gasteiger partial charge on any atom is 0.410 e. The number of likely N-dealkylation sites (tertiary alicyclic amines) is 1. The minimum absolute atomic E-state index is 0.00838. The summed E-state index contributed by atoms with van der Waals surface area (Å²) in [6.07, 6.45) is 5.16. The van der Waals surface area contributed by atoms with Gasteiger partial charge in [0, 0.05) is 18.9 Å². The molecular formula is C16H22N2O2. The fraction of sp³-hybridized carbons (Fsp3) is 0.500. The lowest BCUT2D eigenvalue weighted by atomic mass is 10.00. The first-order valence-electron chi connectivity index (χ1n) is 6.97. The highest BCUT2D eigenvalue weighted by atomic mass is 16.6. The van der Waals surface area contributed by atoms with E-state index in [4.69, 9.17) is 4.74 Å². The van der Waals surface area contributed by atoms with Crippen molar-refractivity contribution in [3.05, 3.63) is 36.7 Å². The summed E-state index contributed by atoms with van der Waals surface area (Å²) in [5.74, 6) is 0. The summed E-state index contributed by atoms with van der Waals surface area (Å²) in [7, 11) is 0. The van der Waals surface area contributed by atoms with Crippen LogP contribution in [0.25, 0.3) is 5.57 Å². The van der Waals surface area contributed by atoms with E-state index < -0.39 is 5.60 Å². The van der Waals surface area contributed by atoms with Crippen LogP contribution in [0.1, 0.15) is 39.2 Å². The lowest BCUT2D eigenvalue weighted by Gasteiger charge is -2.29. The predicted octanol–water partition coefficient (Wildman–Crippen LogP) is 3.49. The number of hydrogen-bond donors (Lipinski definition) is 0. The van der Waals surface area contributed by atoms with E-state index >= 15 is 0 Å². The average molecular weight is 274 g/mol. The van der Waals surface area contributed by atoms with Gasteiger partial charge in [-0.1, -0.05) is 12.6 Å². The molecule has 0 spiro atoms. The lowest BCUT2D eigenvalue weighted by Crippen LogP contribution is -2.40. The fourth-order valence-electron chi connectivity index (χ4n) is 2.41. The monoisotopic (exact) mass is 274 g/mol. The molecule has 0 bridgehead atoms. The SMILES string of the molecule is C=C(c1cccnc1)[C@@H]1CCCN1C(=O)OC(C)(C)C. The van der Waals surface area contributed by atoms with Crippen LogP contribution in [0.15, 0.2) is 31.1 Å². The van der Waals surface area contributed by atoms with Gasteiger partial charge in [-0.15, -0.1) is 0 Å². The molecule has 1 aliphatic heterocycles. The Morgan fingerprint density at radius 2 is 2.25 bits per heavy atom. The van der Waals surface area contributed by atoms with Crippen molar-refractivity contribution >= 4 is 11.7 Å². The van der Waals surface area contributed by atoms with Crippen molar-refractivity contribution in [1.29, 1.82) is 0 Å². The zero-order chi connectivity index (χ0) is 14.8. The number of pyridine rings is 1. The summed E-state index contributed by atoms with van der Waals surface area (Å²) >= 11 is 0. The quantitative estimate of drug-likeness (QED) is 0.829. The van der Waals surface area contributed by atoms with Gasteiger partial charge in [0.25, 0.3) is 0 Å². The fourth-order valence-corrected chi connectivity index (χ4v) is 2.41. The van der Waals surface area contributed by atoms with Gasteiger partial charge in [0.05, 0.1) is 6.04 Å². The number of rotatable bonds is 2. The molecule has 0 radical (unpaired) electrons. The van der Waals surface area contributed by atoms with Gasteiger partial charge in [-0.25, -0.2) is 4.79 Å². The van der Waals surface area contributed by atoms with Crippen molar-refractivity contribution in [1.82, 2.24) is 9.88 Å². The Hall–Kier alpha value is -1.84. The molecule has 108 valence electrons. The van der Waals surface area contributed by atoms with E-state index in [1.807, 2.05) is 32.9 Å². The van der Waals surface area contributed by atoms with Crippen LogP contribution >= 0.6 is 0 Å². The van der Waals surface area contributed by atoms with Crippen LogP contribution in [0.4, 0.5) is 4.79 Å². The number of carbonyl (C=O) groups excluding carboxylic acids is 1. The van der Waals surface area contributed by atoms with E-state index in [2.05, 4.69) is 11.6 Å². The Morgan fingerprint density at radius 3 is 2.85 bits per heavy atom. The largest absolute Gasteiger partial charge is 0.444 e. The van der Waals surface area contributed by atoms with Crippen molar-refractivity contribution in [2.45, 2.75) is 45.3 Å². The Bertz CT molecular complexity index is 491. The molecule has 4 nitrogen and oxygen atoms in total. The maximum absolute atomic E-state index is 12.3. The first kappa shape index (κ1) is 14.6. The molecule has 2 rings (SSSR count). The zero-order valence-electron chi connectivity index (χ0n) is 12.4. The van der Waals surface area contributed by atoms with Crippen molar-refractivity contribution in [2.24, 2.45) is 0 Å². The van der Waals surface area contributed by atoms with E-state index in [1.54, 1.807) is 17.3 Å². The third kappa shape index (κ3) is 3.38. The van der Waals surface area contributed by atoms with Crippen molar-refractivity contribution in [2.75, 3.05) is 6.54 Å². The second kappa shape index (κ2) is 5.65. The molecular weight excluding hydrogens is 252 g/mol. The molecule has 1 aromatic heterocycles. The highest BCUT2D eigenvalue weighted by Gasteiger charge is 2.33. The molecule has 0 N–H and O–H groups in total. The molecule has 1 saturated heterocycles. The molecule has 1 amide bonds. The molecule has 2 heterocycles. The molecule has 0 unspecified atom stereocenters. The number of carbonyl (C=O) groups is 1. The highest BCUT2D eigenvalue weighted by molar-refractivity contribution is 5.75. The second-order valence-electron chi connectivity index (χ2n) is 6.10. The van der Waals surface area contributed by atoms with Crippen LogP contribution < -0.4 is 0 Å². The third-order valence-corrected chi connectivity index (χ3v) is 3.32. The third-order valence-electron chi connectivity index (χ3n) is 3.32. The summed E-state index contributed by atoms with van der Waals surface area (Å²) in [5, 5.41) is 0. The van der Waals surface area contributed by atoms with E-state index in [9.17, 15) is 4.79 Å². The first-order chi connectivity index (χ1) is 9.38. The zero-order valence-corrected chi connectivity index (χ0v) is 12.4. The second-order valence-corrected chi connectivity index (χ2v) is 6.10. The Morgan fingerprint density at radius 1 is 1.50 bits per heavy atom. The standard InChI is InChI=1S/C16H22N2O2/c1-12(13-7-5-9-17-11-13)14-8-6-10-18(14)15(19)20-16(2,3)4/h5,7,9,11,14H,1,6,8,10H2,2-4H3/t14-/m0/s1. The molecule has 4 heteroatoms. The summed E-state index contributed by atoms with van der Waals surface area (Å²) < 4.78 is 5.47. The van der Waals surface area contributed by atoms with Crippen molar-refractivity contribution in [3.8, 4) is 0 Å². The Labute approximate surface area is 120 Å². The van der Waals surface area contributed by atoms with Gasteiger partial charge in [-0.2, -0.15) is 0 Å². The van der Waals surface area contributed by atoms with Crippen LogP contribution in [0.2, 0.25) is 0 Å². The molecule has 1 fully saturated rings. The summed E-state index contributed by atoms with van der Waals surface area (Å²) in [4.78, 5) is 18.1. The summed E-state index contributed by atoms with van der Waals surface area (Å²) in [6.45, 7) is 10.5. The van der Waals surface area contributed by atoms with Gasteiger partial charge in [-0.05, 0) is 50.8 Å². The number of ether oxygens (including phenoxy) is 1.